The Bertz CT molecular complexity index is 1650. The van der Waals surface area contributed by atoms with Crippen LogP contribution in [0.4, 0.5) is 0 Å². The summed E-state index contributed by atoms with van der Waals surface area (Å²) in [6.45, 7) is 6.02. The van der Waals surface area contributed by atoms with E-state index in [0.29, 0.717) is 11.3 Å². The fourth-order valence-corrected chi connectivity index (χ4v) is 5.72. The van der Waals surface area contributed by atoms with Gasteiger partial charge in [-0.1, -0.05) is 0 Å². The number of aliphatic hydroxyl groups excluding tert-OH is 5. The number of hydrogen-bond donors (Lipinski definition) is 8. The zero-order chi connectivity index (χ0) is 35.2. The molecule has 3 heterocycles. The molecule has 264 valence electrons. The minimum Gasteiger partial charge on any atom is -0.507 e. The third-order valence-electron chi connectivity index (χ3n) is 8.64. The smallest absolute Gasteiger partial charge is 0.239 e. The van der Waals surface area contributed by atoms with Crippen molar-refractivity contribution >= 4 is 11.0 Å². The van der Waals surface area contributed by atoms with Crippen LogP contribution in [-0.4, -0.2) is 115 Å². The van der Waals surface area contributed by atoms with Gasteiger partial charge >= 0.3 is 0 Å². The number of fused-ring (bicyclic) bond motifs is 1. The molecule has 0 saturated carbocycles. The lowest BCUT2D eigenvalue weighted by molar-refractivity contribution is -0.352. The van der Waals surface area contributed by atoms with Gasteiger partial charge in [0.15, 0.2) is 18.2 Å². The molecular formula is C33H42O15. The molecule has 8 N–H and O–H groups in total. The van der Waals surface area contributed by atoms with Crippen molar-refractivity contribution in [3.05, 3.63) is 46.1 Å². The summed E-state index contributed by atoms with van der Waals surface area (Å²) in [6.07, 6.45) is -15.0. The van der Waals surface area contributed by atoms with E-state index in [1.165, 1.54) is 21.0 Å². The molecule has 3 aromatic rings. The van der Waals surface area contributed by atoms with Gasteiger partial charge in [0.05, 0.1) is 24.9 Å². The molecule has 2 aliphatic rings. The molecule has 1 aromatic heterocycles. The summed E-state index contributed by atoms with van der Waals surface area (Å²) in [5, 5.41) is 84.4. The summed E-state index contributed by atoms with van der Waals surface area (Å²) in [6, 6.07) is 7.28. The Labute approximate surface area is 275 Å². The Morgan fingerprint density at radius 3 is 2.04 bits per heavy atom. The lowest BCUT2D eigenvalue weighted by atomic mass is 9.96. The van der Waals surface area contributed by atoms with Crippen LogP contribution >= 0.6 is 0 Å². The Kier molecular flexibility index (Phi) is 10.3. The second-order valence-electron chi connectivity index (χ2n) is 12.8. The zero-order valence-corrected chi connectivity index (χ0v) is 27.0. The average molecular weight is 679 g/mol. The molecule has 10 atom stereocenters. The van der Waals surface area contributed by atoms with Gasteiger partial charge in [-0.15, -0.1) is 0 Å². The Balaban J connectivity index is 1.65. The number of aryl methyl sites for hydroxylation is 1. The number of ether oxygens (including phenoxy) is 5. The van der Waals surface area contributed by atoms with Crippen LogP contribution in [-0.2, 0) is 20.6 Å². The highest BCUT2D eigenvalue weighted by Gasteiger charge is 2.50. The lowest BCUT2D eigenvalue weighted by Crippen LogP contribution is -2.63. The van der Waals surface area contributed by atoms with Crippen molar-refractivity contribution in [3.63, 3.8) is 0 Å². The predicted molar refractivity (Wildman–Crippen MR) is 167 cm³/mol. The summed E-state index contributed by atoms with van der Waals surface area (Å²) in [5.41, 5.74) is -1.78. The highest BCUT2D eigenvalue weighted by molar-refractivity contribution is 5.91. The fourth-order valence-electron chi connectivity index (χ4n) is 5.72. The maximum absolute atomic E-state index is 14.3. The van der Waals surface area contributed by atoms with Crippen molar-refractivity contribution in [2.75, 3.05) is 7.11 Å². The standard InChI is InChI=1S/C33H42O15/c1-13-21(36)24(39)26(41)31(44-13)48-30-25(40)22(37)14(2)45-32(30)47-29-23(38)20-19(35)12-18(34)17(10-11-33(3,4)42)28(20)46-27(29)15-6-8-16(43-5)9-7-15/h6-9,12-14,21-22,24-26,30-32,34-37,39-42H,10-11H2,1-5H3/t13-,14-,21-,22-,24+,25+,26+,30+,31-,32-/m0/s1. The summed E-state index contributed by atoms with van der Waals surface area (Å²) >= 11 is 0. The van der Waals surface area contributed by atoms with E-state index >= 15 is 0 Å². The summed E-state index contributed by atoms with van der Waals surface area (Å²) in [5.74, 6) is -1.21. The number of aliphatic hydroxyl groups is 6. The molecule has 0 bridgehead atoms. The van der Waals surface area contributed by atoms with Crippen LogP contribution in [0.2, 0.25) is 0 Å². The number of methoxy groups -OCH3 is 1. The normalized spacial score (nSPS) is 31.1. The van der Waals surface area contributed by atoms with Gasteiger partial charge in [0, 0.05) is 17.2 Å². The van der Waals surface area contributed by atoms with Crippen molar-refractivity contribution in [1.29, 1.82) is 0 Å². The Morgan fingerprint density at radius 2 is 1.44 bits per heavy atom. The molecule has 48 heavy (non-hydrogen) atoms. The molecule has 0 aliphatic carbocycles. The first-order valence-electron chi connectivity index (χ1n) is 15.5. The number of hydrogen-bond acceptors (Lipinski definition) is 15. The van der Waals surface area contributed by atoms with E-state index in [4.69, 9.17) is 28.1 Å². The molecule has 2 saturated heterocycles. The van der Waals surface area contributed by atoms with Crippen LogP contribution in [0.5, 0.6) is 23.0 Å². The van der Waals surface area contributed by atoms with E-state index in [0.717, 1.165) is 6.07 Å². The molecule has 0 amide bonds. The highest BCUT2D eigenvalue weighted by atomic mass is 16.8. The molecular weight excluding hydrogens is 636 g/mol. The number of rotatable bonds is 9. The van der Waals surface area contributed by atoms with Crippen LogP contribution in [0.15, 0.2) is 39.5 Å². The highest BCUT2D eigenvalue weighted by Crippen LogP contribution is 2.41. The first kappa shape index (κ1) is 35.8. The summed E-state index contributed by atoms with van der Waals surface area (Å²) in [4.78, 5) is 14.3. The molecule has 15 heteroatoms. The second-order valence-corrected chi connectivity index (χ2v) is 12.8. The van der Waals surface area contributed by atoms with E-state index in [2.05, 4.69) is 0 Å². The lowest BCUT2D eigenvalue weighted by Gasteiger charge is -2.45. The Hall–Kier alpha value is -3.51. The van der Waals surface area contributed by atoms with E-state index in [-0.39, 0.29) is 40.9 Å². The first-order chi connectivity index (χ1) is 22.5. The Morgan fingerprint density at radius 1 is 0.833 bits per heavy atom. The minimum atomic E-state index is -1.78. The van der Waals surface area contributed by atoms with Crippen molar-refractivity contribution in [2.24, 2.45) is 0 Å². The molecule has 2 aromatic carbocycles. The van der Waals surface area contributed by atoms with E-state index in [1.807, 2.05) is 0 Å². The van der Waals surface area contributed by atoms with Crippen molar-refractivity contribution in [2.45, 2.75) is 108 Å². The summed E-state index contributed by atoms with van der Waals surface area (Å²) < 4.78 is 34.8. The predicted octanol–water partition coefficient (Wildman–Crippen LogP) is 0.641. The third-order valence-corrected chi connectivity index (χ3v) is 8.64. The molecule has 0 unspecified atom stereocenters. The van der Waals surface area contributed by atoms with Gasteiger partial charge in [0.1, 0.15) is 58.7 Å². The quantitative estimate of drug-likeness (QED) is 0.155. The molecule has 5 rings (SSSR count). The van der Waals surface area contributed by atoms with Crippen LogP contribution < -0.4 is 14.9 Å². The van der Waals surface area contributed by atoms with Crippen LogP contribution in [0.3, 0.4) is 0 Å². The zero-order valence-electron chi connectivity index (χ0n) is 27.0. The monoisotopic (exact) mass is 678 g/mol. The SMILES string of the molecule is COc1ccc(-c2oc3c(CCC(C)(C)O)c(O)cc(O)c3c(=O)c2O[C@@H]2O[C@@H](C)[C@H](O)[C@@H](O)[C@H]2O[C@@H]2O[C@@H](C)[C@H](O)[C@@H](O)[C@H]2O)cc1. The fraction of sp³-hybridized carbons (Fsp3) is 0.545. The van der Waals surface area contributed by atoms with Crippen molar-refractivity contribution < 1.29 is 69.0 Å². The number of phenols is 2. The van der Waals surface area contributed by atoms with Crippen molar-refractivity contribution in [1.82, 2.24) is 0 Å². The van der Waals surface area contributed by atoms with E-state index < -0.39 is 83.9 Å². The van der Waals surface area contributed by atoms with E-state index in [1.54, 1.807) is 38.1 Å². The minimum absolute atomic E-state index is 0.0588. The van der Waals surface area contributed by atoms with Gasteiger partial charge in [-0.25, -0.2) is 0 Å². The number of phenolic OH excluding ortho intramolecular Hbond substituents is 2. The first-order valence-corrected chi connectivity index (χ1v) is 15.5. The van der Waals surface area contributed by atoms with Gasteiger partial charge in [-0.3, -0.25) is 4.79 Å². The molecule has 0 spiro atoms. The third kappa shape index (κ3) is 6.96. The van der Waals surface area contributed by atoms with Gasteiger partial charge in [0.25, 0.3) is 0 Å². The number of aromatic hydroxyl groups is 2. The van der Waals surface area contributed by atoms with Crippen LogP contribution in [0, 0.1) is 0 Å². The maximum atomic E-state index is 14.3. The van der Waals surface area contributed by atoms with Gasteiger partial charge < -0.3 is 69.0 Å². The number of benzene rings is 2. The average Bonchev–Trinajstić information content (AvgIpc) is 3.03. The van der Waals surface area contributed by atoms with Gasteiger partial charge in [-0.05, 0) is 64.8 Å². The van der Waals surface area contributed by atoms with Crippen molar-refractivity contribution in [3.8, 4) is 34.3 Å². The molecule has 2 fully saturated rings. The van der Waals surface area contributed by atoms with Gasteiger partial charge in [-0.2, -0.15) is 0 Å². The van der Waals surface area contributed by atoms with Crippen LogP contribution in [0.1, 0.15) is 39.7 Å². The molecule has 2 aliphatic heterocycles. The molecule has 0 radical (unpaired) electrons. The maximum Gasteiger partial charge on any atom is 0.239 e. The largest absolute Gasteiger partial charge is 0.507 e. The summed E-state index contributed by atoms with van der Waals surface area (Å²) in [7, 11) is 1.47. The van der Waals surface area contributed by atoms with Crippen LogP contribution in [0.25, 0.3) is 22.3 Å². The van der Waals surface area contributed by atoms with E-state index in [9.17, 15) is 45.6 Å². The molecule has 15 nitrogen and oxygen atoms in total. The second kappa shape index (κ2) is 13.8. The van der Waals surface area contributed by atoms with Gasteiger partial charge in [0.2, 0.25) is 17.5 Å². The topological polar surface area (TPSA) is 238 Å².